The fourth-order valence-corrected chi connectivity index (χ4v) is 3.51. The first-order chi connectivity index (χ1) is 8.25. The maximum Gasteiger partial charge on any atom is 0.317 e. The molecular weight excluding hydrogens is 276 g/mol. The van der Waals surface area contributed by atoms with Gasteiger partial charge in [0.2, 0.25) is 5.91 Å². The van der Waals surface area contributed by atoms with Gasteiger partial charge in [0.15, 0.2) is 0 Å². The molecule has 3 aliphatic rings. The van der Waals surface area contributed by atoms with Crippen LogP contribution in [-0.4, -0.2) is 71.6 Å². The molecule has 3 aliphatic heterocycles. The van der Waals surface area contributed by atoms with Gasteiger partial charge < -0.3 is 15.1 Å². The van der Waals surface area contributed by atoms with Crippen molar-refractivity contribution >= 4 is 36.1 Å². The number of fused-ring (bicyclic) bond motifs is 1. The van der Waals surface area contributed by atoms with Gasteiger partial charge in [-0.05, 0) is 0 Å². The average molecular weight is 293 g/mol. The molecule has 0 aromatic heterocycles. The van der Waals surface area contributed by atoms with Crippen molar-refractivity contribution in [1.82, 2.24) is 20.4 Å². The van der Waals surface area contributed by atoms with Crippen molar-refractivity contribution in [2.45, 2.75) is 12.1 Å². The molecule has 0 radical (unpaired) electrons. The number of halogens is 1. The van der Waals surface area contributed by atoms with Crippen molar-refractivity contribution < 1.29 is 9.59 Å². The summed E-state index contributed by atoms with van der Waals surface area (Å²) in [6.07, 6.45) is 0. The number of amides is 3. The van der Waals surface area contributed by atoms with Crippen LogP contribution in [0, 0.1) is 0 Å². The van der Waals surface area contributed by atoms with Gasteiger partial charge in [-0.1, -0.05) is 0 Å². The molecule has 3 amide bonds. The number of nitrogens with zero attached hydrogens (tertiary/aromatic N) is 2. The lowest BCUT2D eigenvalue weighted by atomic mass is 10.1. The molecule has 2 N–H and O–H groups in total. The van der Waals surface area contributed by atoms with Gasteiger partial charge in [-0.15, -0.1) is 24.2 Å². The number of hydrogen-bond donors (Lipinski definition) is 2. The number of piperazine rings is 1. The fraction of sp³-hybridized carbons (Fsp3) is 0.800. The van der Waals surface area contributed by atoms with Crippen LogP contribution in [0.15, 0.2) is 0 Å². The maximum absolute atomic E-state index is 12.2. The van der Waals surface area contributed by atoms with E-state index in [9.17, 15) is 9.59 Å². The highest BCUT2D eigenvalue weighted by molar-refractivity contribution is 7.99. The molecule has 0 aromatic rings. The SMILES string of the molecule is Cl.O=C(C1CSCN1)N1CCN2C(=O)NCC2C1. The normalized spacial score (nSPS) is 30.8. The summed E-state index contributed by atoms with van der Waals surface area (Å²) < 4.78 is 0. The molecule has 102 valence electrons. The van der Waals surface area contributed by atoms with Gasteiger partial charge in [-0.2, -0.15) is 0 Å². The van der Waals surface area contributed by atoms with Crippen LogP contribution in [0.25, 0.3) is 0 Å². The zero-order valence-corrected chi connectivity index (χ0v) is 11.6. The van der Waals surface area contributed by atoms with E-state index in [0.717, 1.165) is 11.6 Å². The molecule has 3 rings (SSSR count). The highest BCUT2D eigenvalue weighted by Crippen LogP contribution is 2.17. The molecule has 0 saturated carbocycles. The quantitative estimate of drug-likeness (QED) is 0.671. The van der Waals surface area contributed by atoms with Crippen molar-refractivity contribution in [1.29, 1.82) is 0 Å². The molecule has 6 nitrogen and oxygen atoms in total. The first kappa shape index (κ1) is 13.8. The van der Waals surface area contributed by atoms with Crippen LogP contribution in [0.1, 0.15) is 0 Å². The number of hydrogen-bond acceptors (Lipinski definition) is 4. The van der Waals surface area contributed by atoms with Crippen LogP contribution in [0.3, 0.4) is 0 Å². The van der Waals surface area contributed by atoms with Crippen LogP contribution >= 0.6 is 24.2 Å². The van der Waals surface area contributed by atoms with E-state index in [1.165, 1.54) is 0 Å². The number of rotatable bonds is 1. The van der Waals surface area contributed by atoms with Gasteiger partial charge in [0, 0.05) is 37.8 Å². The van der Waals surface area contributed by atoms with Crippen LogP contribution in [0.2, 0.25) is 0 Å². The van der Waals surface area contributed by atoms with Crippen LogP contribution in [-0.2, 0) is 4.79 Å². The Hall–Kier alpha value is -0.660. The van der Waals surface area contributed by atoms with Crippen molar-refractivity contribution in [2.24, 2.45) is 0 Å². The van der Waals surface area contributed by atoms with E-state index in [4.69, 9.17) is 0 Å². The third-order valence-corrected chi connectivity index (χ3v) is 4.50. The molecule has 0 aromatic carbocycles. The van der Waals surface area contributed by atoms with Gasteiger partial charge in [0.05, 0.1) is 12.1 Å². The fourth-order valence-electron chi connectivity index (χ4n) is 2.58. The zero-order chi connectivity index (χ0) is 11.8. The molecule has 18 heavy (non-hydrogen) atoms. The number of nitrogens with one attached hydrogen (secondary N) is 2. The minimum atomic E-state index is -0.0309. The lowest BCUT2D eigenvalue weighted by Crippen LogP contribution is -2.57. The molecule has 3 fully saturated rings. The van der Waals surface area contributed by atoms with Crippen molar-refractivity contribution in [3.8, 4) is 0 Å². The summed E-state index contributed by atoms with van der Waals surface area (Å²) in [5, 5.41) is 6.02. The van der Waals surface area contributed by atoms with Gasteiger partial charge in [-0.25, -0.2) is 4.79 Å². The van der Waals surface area contributed by atoms with Crippen molar-refractivity contribution in [3.05, 3.63) is 0 Å². The summed E-state index contributed by atoms with van der Waals surface area (Å²) in [7, 11) is 0. The smallest absolute Gasteiger partial charge is 0.317 e. The number of carbonyl (C=O) groups excluding carboxylic acids is 2. The predicted octanol–water partition coefficient (Wildman–Crippen LogP) is -0.693. The van der Waals surface area contributed by atoms with E-state index in [2.05, 4.69) is 10.6 Å². The molecule has 2 unspecified atom stereocenters. The van der Waals surface area contributed by atoms with E-state index in [1.54, 1.807) is 11.8 Å². The van der Waals surface area contributed by atoms with E-state index in [0.29, 0.717) is 26.2 Å². The van der Waals surface area contributed by atoms with Gasteiger partial charge in [-0.3, -0.25) is 10.1 Å². The number of carbonyl (C=O) groups is 2. The molecule has 3 heterocycles. The molecule has 0 bridgehead atoms. The first-order valence-electron chi connectivity index (χ1n) is 5.90. The van der Waals surface area contributed by atoms with E-state index in [-0.39, 0.29) is 36.4 Å². The Bertz CT molecular complexity index is 351. The number of thioether (sulfide) groups is 1. The summed E-state index contributed by atoms with van der Waals surface area (Å²) in [6, 6.07) is 0.141. The second-order valence-corrected chi connectivity index (χ2v) is 5.62. The second-order valence-electron chi connectivity index (χ2n) is 4.59. The summed E-state index contributed by atoms with van der Waals surface area (Å²) in [5.41, 5.74) is 0. The lowest BCUT2D eigenvalue weighted by Gasteiger charge is -2.37. The monoisotopic (exact) mass is 292 g/mol. The lowest BCUT2D eigenvalue weighted by molar-refractivity contribution is -0.134. The van der Waals surface area contributed by atoms with E-state index >= 15 is 0 Å². The van der Waals surface area contributed by atoms with E-state index < -0.39 is 0 Å². The molecule has 0 spiro atoms. The Morgan fingerprint density at radius 1 is 1.39 bits per heavy atom. The Balaban J connectivity index is 0.00000120. The Labute approximate surface area is 116 Å². The van der Waals surface area contributed by atoms with Gasteiger partial charge in [0.1, 0.15) is 0 Å². The molecule has 0 aliphatic carbocycles. The summed E-state index contributed by atoms with van der Waals surface area (Å²) in [5.74, 6) is 1.91. The van der Waals surface area contributed by atoms with Crippen LogP contribution < -0.4 is 10.6 Å². The minimum Gasteiger partial charge on any atom is -0.337 e. The van der Waals surface area contributed by atoms with Crippen molar-refractivity contribution in [3.63, 3.8) is 0 Å². The van der Waals surface area contributed by atoms with E-state index in [1.807, 2.05) is 9.80 Å². The maximum atomic E-state index is 12.2. The molecule has 3 saturated heterocycles. The Kier molecular flexibility index (Phi) is 4.24. The van der Waals surface area contributed by atoms with Gasteiger partial charge >= 0.3 is 6.03 Å². The number of urea groups is 1. The standard InChI is InChI=1S/C10H16N4O2S.ClH/c15-9(8-5-17-6-12-8)13-1-2-14-7(4-13)3-11-10(14)16;/h7-8,12H,1-6H2,(H,11,16);1H. The second kappa shape index (κ2) is 5.54. The first-order valence-corrected chi connectivity index (χ1v) is 7.05. The Morgan fingerprint density at radius 3 is 2.94 bits per heavy atom. The van der Waals surface area contributed by atoms with Crippen molar-refractivity contribution in [2.75, 3.05) is 37.8 Å². The topological polar surface area (TPSA) is 64.7 Å². The summed E-state index contributed by atoms with van der Waals surface area (Å²) in [6.45, 7) is 2.64. The Morgan fingerprint density at radius 2 is 2.22 bits per heavy atom. The molecular formula is C10H17ClN4O2S. The molecule has 8 heteroatoms. The van der Waals surface area contributed by atoms with Gasteiger partial charge in [0.25, 0.3) is 0 Å². The van der Waals surface area contributed by atoms with Crippen LogP contribution in [0.5, 0.6) is 0 Å². The third kappa shape index (κ3) is 2.39. The van der Waals surface area contributed by atoms with Crippen LogP contribution in [0.4, 0.5) is 4.79 Å². The highest BCUT2D eigenvalue weighted by Gasteiger charge is 2.38. The molecule has 2 atom stereocenters. The largest absolute Gasteiger partial charge is 0.337 e. The summed E-state index contributed by atoms with van der Waals surface area (Å²) >= 11 is 1.76. The average Bonchev–Trinajstić information content (AvgIpc) is 2.98. The highest BCUT2D eigenvalue weighted by atomic mass is 35.5. The zero-order valence-electron chi connectivity index (χ0n) is 9.92. The summed E-state index contributed by atoms with van der Waals surface area (Å²) in [4.78, 5) is 27.4. The minimum absolute atomic E-state index is 0. The third-order valence-electron chi connectivity index (χ3n) is 3.56. The predicted molar refractivity (Wildman–Crippen MR) is 72.0 cm³/mol.